The van der Waals surface area contributed by atoms with Gasteiger partial charge in [-0.2, -0.15) is 0 Å². The summed E-state index contributed by atoms with van der Waals surface area (Å²) in [5.41, 5.74) is 1.77. The van der Waals surface area contributed by atoms with E-state index in [2.05, 4.69) is 10.5 Å². The summed E-state index contributed by atoms with van der Waals surface area (Å²) < 4.78 is 7.54. The number of nitrogens with zero attached hydrogens (tertiary/aromatic N) is 3. The highest BCUT2D eigenvalue weighted by Crippen LogP contribution is 2.57. The van der Waals surface area contributed by atoms with E-state index < -0.39 is 17.4 Å². The highest BCUT2D eigenvalue weighted by molar-refractivity contribution is 6.32. The lowest BCUT2D eigenvalue weighted by Gasteiger charge is -2.36. The molecule has 0 radical (unpaired) electrons. The minimum atomic E-state index is -1.65. The summed E-state index contributed by atoms with van der Waals surface area (Å²) in [6.45, 7) is 3.99. The number of carbonyl (C=O) groups excluding carboxylic acids is 2. The third kappa shape index (κ3) is 3.38. The number of hydrogen-bond acceptors (Lipinski definition) is 5. The van der Waals surface area contributed by atoms with Crippen molar-refractivity contribution in [1.82, 2.24) is 4.57 Å². The van der Waals surface area contributed by atoms with Crippen LogP contribution in [0.15, 0.2) is 72.0 Å². The highest BCUT2D eigenvalue weighted by atomic mass is 35.5. The van der Waals surface area contributed by atoms with Crippen LogP contribution in [0.1, 0.15) is 46.9 Å². The molecular formula is C29H22Cl2N4O4. The first-order chi connectivity index (χ1) is 18.7. The van der Waals surface area contributed by atoms with Crippen molar-refractivity contribution in [1.29, 1.82) is 0 Å². The summed E-state index contributed by atoms with van der Waals surface area (Å²) in [6, 6.07) is 16.9. The molecule has 6 rings (SSSR count). The zero-order valence-electron chi connectivity index (χ0n) is 21.2. The number of nitrogens with one attached hydrogen (secondary N) is 1. The molecule has 4 aromatic rings. The smallest absolute Gasteiger partial charge is 0.261 e. The van der Waals surface area contributed by atoms with Crippen LogP contribution in [0, 0.1) is 4.91 Å². The molecule has 2 aliphatic rings. The maximum absolute atomic E-state index is 14.4. The third-order valence-corrected chi connectivity index (χ3v) is 7.76. The Labute approximate surface area is 234 Å². The summed E-state index contributed by atoms with van der Waals surface area (Å²) in [5.74, 6) is -0.443. The van der Waals surface area contributed by atoms with Gasteiger partial charge in [0, 0.05) is 38.8 Å². The predicted octanol–water partition coefficient (Wildman–Crippen LogP) is 7.17. The Morgan fingerprint density at radius 3 is 2.41 bits per heavy atom. The molecule has 39 heavy (non-hydrogen) atoms. The molecule has 10 heteroatoms. The van der Waals surface area contributed by atoms with Gasteiger partial charge in [0.05, 0.1) is 24.0 Å². The van der Waals surface area contributed by atoms with E-state index in [1.807, 2.05) is 42.7 Å². The molecule has 2 amide bonds. The first-order valence-corrected chi connectivity index (χ1v) is 13.0. The summed E-state index contributed by atoms with van der Waals surface area (Å²) in [7, 11) is 1.58. The van der Waals surface area contributed by atoms with Crippen LogP contribution in [0.25, 0.3) is 5.69 Å². The number of nitroso groups, excluding NO2 is 1. The number of para-hydroxylation sites is 2. The number of ether oxygens (including phenoxy) is 1. The third-order valence-electron chi connectivity index (χ3n) is 7.29. The molecule has 2 aliphatic heterocycles. The molecule has 1 unspecified atom stereocenters. The Hall–Kier alpha value is -4.14. The lowest BCUT2D eigenvalue weighted by Crippen LogP contribution is -2.50. The van der Waals surface area contributed by atoms with Gasteiger partial charge in [-0.05, 0) is 53.6 Å². The van der Waals surface area contributed by atoms with E-state index in [4.69, 9.17) is 27.9 Å². The topological polar surface area (TPSA) is 93.0 Å². The molecule has 0 aliphatic carbocycles. The van der Waals surface area contributed by atoms with Gasteiger partial charge in [0.1, 0.15) is 11.4 Å². The molecular weight excluding hydrogens is 539 g/mol. The average molecular weight is 561 g/mol. The van der Waals surface area contributed by atoms with E-state index in [0.717, 1.165) is 11.4 Å². The molecule has 1 spiro atoms. The number of methoxy groups -OCH3 is 1. The van der Waals surface area contributed by atoms with Crippen molar-refractivity contribution in [3.05, 3.63) is 104 Å². The zero-order chi connectivity index (χ0) is 27.6. The van der Waals surface area contributed by atoms with Gasteiger partial charge in [-0.25, -0.2) is 0 Å². The molecule has 0 fully saturated rings. The van der Waals surface area contributed by atoms with Gasteiger partial charge < -0.3 is 14.6 Å². The number of anilines is 2. The monoisotopic (exact) mass is 560 g/mol. The van der Waals surface area contributed by atoms with Crippen molar-refractivity contribution < 1.29 is 14.3 Å². The van der Waals surface area contributed by atoms with Gasteiger partial charge in [-0.1, -0.05) is 55.2 Å². The molecule has 8 nitrogen and oxygen atoms in total. The first kappa shape index (κ1) is 25.2. The number of halogens is 2. The van der Waals surface area contributed by atoms with Gasteiger partial charge in [0.2, 0.25) is 0 Å². The van der Waals surface area contributed by atoms with E-state index in [0.29, 0.717) is 33.1 Å². The maximum atomic E-state index is 14.4. The highest BCUT2D eigenvalue weighted by Gasteiger charge is 2.63. The van der Waals surface area contributed by atoms with Crippen LogP contribution in [0.4, 0.5) is 17.1 Å². The molecule has 196 valence electrons. The quantitative estimate of drug-likeness (QED) is 0.262. The second kappa shape index (κ2) is 8.97. The minimum Gasteiger partial charge on any atom is -0.495 e. The van der Waals surface area contributed by atoms with Crippen LogP contribution in [0.2, 0.25) is 10.0 Å². The standard InChI is InChI=1S/C29H22Cl2N4O4/c1-15(2)26-25-18(14-34(26)22-6-4-5-7-24(22)39-3)27(36)35(23-13-17(31)9-11-20(23)33-38)29(25)19-10-8-16(30)12-21(19)32-28(29)37/h4-15H,1-3H3,(H,32,37). The van der Waals surface area contributed by atoms with Crippen LogP contribution in [0.5, 0.6) is 5.75 Å². The molecule has 1 N–H and O–H groups in total. The molecule has 3 heterocycles. The van der Waals surface area contributed by atoms with Gasteiger partial charge in [-0.15, -0.1) is 4.91 Å². The summed E-state index contributed by atoms with van der Waals surface area (Å²) in [5, 5.41) is 6.80. The molecule has 0 saturated heterocycles. The Balaban J connectivity index is 1.76. The lowest BCUT2D eigenvalue weighted by atomic mass is 9.81. The van der Waals surface area contributed by atoms with E-state index in [-0.39, 0.29) is 22.3 Å². The number of fused-ring (bicyclic) bond motifs is 4. The van der Waals surface area contributed by atoms with Crippen molar-refractivity contribution in [3.8, 4) is 11.4 Å². The minimum absolute atomic E-state index is 0.0174. The van der Waals surface area contributed by atoms with E-state index in [1.165, 1.54) is 23.1 Å². The van der Waals surface area contributed by atoms with Crippen LogP contribution in [0.3, 0.4) is 0 Å². The summed E-state index contributed by atoms with van der Waals surface area (Å²) in [6.07, 6.45) is 1.73. The van der Waals surface area contributed by atoms with Crippen molar-refractivity contribution in [2.75, 3.05) is 17.3 Å². The molecule has 0 bridgehead atoms. The number of amides is 2. The van der Waals surface area contributed by atoms with E-state index in [1.54, 1.807) is 31.5 Å². The number of carbonyl (C=O) groups is 2. The van der Waals surface area contributed by atoms with Crippen LogP contribution in [-0.2, 0) is 10.3 Å². The lowest BCUT2D eigenvalue weighted by molar-refractivity contribution is -0.119. The van der Waals surface area contributed by atoms with Crippen LogP contribution in [-0.4, -0.2) is 23.5 Å². The Bertz CT molecular complexity index is 1710. The maximum Gasteiger partial charge on any atom is 0.261 e. The van der Waals surface area contributed by atoms with Gasteiger partial charge in [0.15, 0.2) is 5.54 Å². The van der Waals surface area contributed by atoms with Gasteiger partial charge >= 0.3 is 0 Å². The van der Waals surface area contributed by atoms with Gasteiger partial charge in [0.25, 0.3) is 11.8 Å². The van der Waals surface area contributed by atoms with Crippen LogP contribution < -0.4 is 15.0 Å². The Morgan fingerprint density at radius 1 is 0.974 bits per heavy atom. The number of benzene rings is 3. The molecule has 0 saturated carbocycles. The van der Waals surface area contributed by atoms with Crippen molar-refractivity contribution in [3.63, 3.8) is 0 Å². The average Bonchev–Trinajstić information content (AvgIpc) is 3.52. The molecule has 1 aromatic heterocycles. The van der Waals surface area contributed by atoms with E-state index >= 15 is 0 Å². The zero-order valence-corrected chi connectivity index (χ0v) is 22.7. The fourth-order valence-corrected chi connectivity index (χ4v) is 6.17. The van der Waals surface area contributed by atoms with Crippen molar-refractivity contribution in [2.24, 2.45) is 5.18 Å². The second-order valence-electron chi connectivity index (χ2n) is 9.72. The summed E-state index contributed by atoms with van der Waals surface area (Å²) in [4.78, 5) is 41.9. The normalized spacial score (nSPS) is 17.5. The molecule has 3 aromatic carbocycles. The fourth-order valence-electron chi connectivity index (χ4n) is 5.83. The van der Waals surface area contributed by atoms with Gasteiger partial charge in [-0.3, -0.25) is 14.5 Å². The number of hydrogen-bond donors (Lipinski definition) is 1. The fraction of sp³-hybridized carbons (Fsp3) is 0.172. The molecule has 1 atom stereocenters. The predicted molar refractivity (Wildman–Crippen MR) is 151 cm³/mol. The van der Waals surface area contributed by atoms with Crippen molar-refractivity contribution >= 4 is 52.1 Å². The van der Waals surface area contributed by atoms with E-state index in [9.17, 15) is 14.5 Å². The SMILES string of the molecule is COc1ccccc1-n1cc2c(c1C(C)C)C1(C(=O)Nc3cc(Cl)ccc31)N(c1cc(Cl)ccc1N=O)C2=O. The Kier molecular flexibility index (Phi) is 5.78. The first-order valence-electron chi connectivity index (χ1n) is 12.2. The second-order valence-corrected chi connectivity index (χ2v) is 10.6. The largest absolute Gasteiger partial charge is 0.495 e. The Morgan fingerprint density at radius 2 is 1.69 bits per heavy atom. The van der Waals surface area contributed by atoms with Crippen molar-refractivity contribution in [2.45, 2.75) is 25.3 Å². The van der Waals surface area contributed by atoms with Crippen LogP contribution >= 0.6 is 23.2 Å². The number of rotatable bonds is 5. The number of aromatic nitrogens is 1. The summed E-state index contributed by atoms with van der Waals surface area (Å²) >= 11 is 12.6.